The summed E-state index contributed by atoms with van der Waals surface area (Å²) in [7, 11) is 0. The summed E-state index contributed by atoms with van der Waals surface area (Å²) >= 11 is 0. The average molecular weight is 292 g/mol. The predicted molar refractivity (Wildman–Crippen MR) is 82.6 cm³/mol. The number of nitrogens with zero attached hydrogens (tertiary/aromatic N) is 1. The van der Waals surface area contributed by atoms with Crippen molar-refractivity contribution >= 4 is 5.91 Å². The molecule has 1 heterocycles. The number of carbonyl (C=O) groups is 1. The highest BCUT2D eigenvalue weighted by molar-refractivity contribution is 5.78. The lowest BCUT2D eigenvalue weighted by Gasteiger charge is -2.33. The maximum absolute atomic E-state index is 13.4. The van der Waals surface area contributed by atoms with E-state index in [-0.39, 0.29) is 18.1 Å². The van der Waals surface area contributed by atoms with Crippen molar-refractivity contribution in [1.29, 1.82) is 0 Å². The van der Waals surface area contributed by atoms with Crippen LogP contribution in [0.25, 0.3) is 0 Å². The third-order valence-electron chi connectivity index (χ3n) is 4.19. The second kappa shape index (κ2) is 8.13. The lowest BCUT2D eigenvalue weighted by Crippen LogP contribution is -2.39. The van der Waals surface area contributed by atoms with Crippen LogP contribution >= 0.6 is 0 Å². The smallest absolute Gasteiger partial charge is 0.224 e. The summed E-state index contributed by atoms with van der Waals surface area (Å²) in [4.78, 5) is 14.3. The molecule has 1 fully saturated rings. The van der Waals surface area contributed by atoms with Crippen molar-refractivity contribution in [3.05, 3.63) is 35.6 Å². The molecule has 1 aromatic carbocycles. The van der Waals surface area contributed by atoms with Crippen LogP contribution in [0.1, 0.15) is 38.2 Å². The molecule has 1 saturated heterocycles. The highest BCUT2D eigenvalue weighted by Crippen LogP contribution is 2.16. The van der Waals surface area contributed by atoms with Crippen molar-refractivity contribution < 1.29 is 9.18 Å². The standard InChI is InChI=1S/C17H25FN2O/c1-14-7-4-5-11-20(14)12-6-10-19-17(21)13-15-8-2-3-9-16(15)18/h2-3,8-9,14H,4-7,10-13H2,1H3,(H,19,21). The number of rotatable bonds is 6. The van der Waals surface area contributed by atoms with Crippen molar-refractivity contribution in [3.8, 4) is 0 Å². The van der Waals surface area contributed by atoms with E-state index in [4.69, 9.17) is 0 Å². The lowest BCUT2D eigenvalue weighted by atomic mass is 10.0. The third-order valence-corrected chi connectivity index (χ3v) is 4.19. The van der Waals surface area contributed by atoms with Crippen LogP contribution in [-0.4, -0.2) is 36.5 Å². The van der Waals surface area contributed by atoms with Crippen LogP contribution in [0.5, 0.6) is 0 Å². The van der Waals surface area contributed by atoms with Gasteiger partial charge < -0.3 is 10.2 Å². The van der Waals surface area contributed by atoms with Crippen LogP contribution in [-0.2, 0) is 11.2 Å². The fourth-order valence-electron chi connectivity index (χ4n) is 2.88. The van der Waals surface area contributed by atoms with E-state index in [2.05, 4.69) is 17.1 Å². The number of nitrogens with one attached hydrogen (secondary N) is 1. The van der Waals surface area contributed by atoms with Gasteiger partial charge in [0.1, 0.15) is 5.82 Å². The molecule has 1 aliphatic heterocycles. The van der Waals surface area contributed by atoms with Gasteiger partial charge in [-0.25, -0.2) is 4.39 Å². The Morgan fingerprint density at radius 3 is 2.95 bits per heavy atom. The SMILES string of the molecule is CC1CCCCN1CCCNC(=O)Cc1ccccc1F. The van der Waals surface area contributed by atoms with E-state index < -0.39 is 0 Å². The predicted octanol–water partition coefficient (Wildman–Crippen LogP) is 2.75. The van der Waals surface area contributed by atoms with Gasteiger partial charge >= 0.3 is 0 Å². The van der Waals surface area contributed by atoms with E-state index in [9.17, 15) is 9.18 Å². The van der Waals surface area contributed by atoms with Crippen molar-refractivity contribution in [2.45, 2.75) is 45.1 Å². The van der Waals surface area contributed by atoms with Crippen LogP contribution in [0.3, 0.4) is 0 Å². The van der Waals surface area contributed by atoms with Gasteiger partial charge in [-0.05, 0) is 44.4 Å². The van der Waals surface area contributed by atoms with Gasteiger partial charge in [-0.1, -0.05) is 24.6 Å². The third kappa shape index (κ3) is 5.12. The van der Waals surface area contributed by atoms with Gasteiger partial charge in [0.25, 0.3) is 0 Å². The first-order valence-corrected chi connectivity index (χ1v) is 7.91. The van der Waals surface area contributed by atoms with Gasteiger partial charge in [0.15, 0.2) is 0 Å². The lowest BCUT2D eigenvalue weighted by molar-refractivity contribution is -0.120. The van der Waals surface area contributed by atoms with Gasteiger partial charge in [0, 0.05) is 19.1 Å². The Labute approximate surface area is 126 Å². The summed E-state index contributed by atoms with van der Waals surface area (Å²) < 4.78 is 13.4. The minimum absolute atomic E-state index is 0.105. The zero-order valence-electron chi connectivity index (χ0n) is 12.8. The molecular weight excluding hydrogens is 267 g/mol. The Balaban J connectivity index is 1.64. The summed E-state index contributed by atoms with van der Waals surface area (Å²) in [6, 6.07) is 7.10. The molecule has 0 radical (unpaired) electrons. The number of carbonyl (C=O) groups excluding carboxylic acids is 1. The largest absolute Gasteiger partial charge is 0.356 e. The molecule has 3 nitrogen and oxygen atoms in total. The quantitative estimate of drug-likeness (QED) is 0.818. The summed E-state index contributed by atoms with van der Waals surface area (Å²) in [5, 5.41) is 2.88. The van der Waals surface area contributed by atoms with E-state index >= 15 is 0 Å². The number of piperidine rings is 1. The highest BCUT2D eigenvalue weighted by Gasteiger charge is 2.17. The van der Waals surface area contributed by atoms with Crippen LogP contribution < -0.4 is 5.32 Å². The number of likely N-dealkylation sites (tertiary alicyclic amines) is 1. The average Bonchev–Trinajstić information content (AvgIpc) is 2.48. The Morgan fingerprint density at radius 2 is 2.19 bits per heavy atom. The topological polar surface area (TPSA) is 32.3 Å². The number of amides is 1. The molecule has 1 aliphatic rings. The normalized spacial score (nSPS) is 19.4. The van der Waals surface area contributed by atoms with Crippen molar-refractivity contribution in [3.63, 3.8) is 0 Å². The monoisotopic (exact) mass is 292 g/mol. The molecule has 1 aromatic rings. The van der Waals surface area contributed by atoms with E-state index in [1.165, 1.54) is 31.9 Å². The summed E-state index contributed by atoms with van der Waals surface area (Å²) in [5.74, 6) is -0.415. The fraction of sp³-hybridized carbons (Fsp3) is 0.588. The van der Waals surface area contributed by atoms with E-state index in [0.717, 1.165) is 13.0 Å². The molecule has 21 heavy (non-hydrogen) atoms. The molecule has 0 bridgehead atoms. The van der Waals surface area contributed by atoms with Crippen molar-refractivity contribution in [2.24, 2.45) is 0 Å². The molecule has 116 valence electrons. The van der Waals surface area contributed by atoms with Gasteiger partial charge in [-0.15, -0.1) is 0 Å². The summed E-state index contributed by atoms with van der Waals surface area (Å²) in [6.07, 6.45) is 4.96. The molecular formula is C17H25FN2O. The minimum atomic E-state index is -0.310. The zero-order valence-corrected chi connectivity index (χ0v) is 12.8. The second-order valence-corrected chi connectivity index (χ2v) is 5.85. The van der Waals surface area contributed by atoms with Crippen LogP contribution in [0.4, 0.5) is 4.39 Å². The highest BCUT2D eigenvalue weighted by atomic mass is 19.1. The molecule has 4 heteroatoms. The first kappa shape index (κ1) is 16.0. The Morgan fingerprint density at radius 1 is 1.38 bits per heavy atom. The van der Waals surface area contributed by atoms with Crippen LogP contribution in [0.15, 0.2) is 24.3 Å². The maximum atomic E-state index is 13.4. The van der Waals surface area contributed by atoms with E-state index in [1.54, 1.807) is 18.2 Å². The van der Waals surface area contributed by atoms with Crippen molar-refractivity contribution in [1.82, 2.24) is 10.2 Å². The molecule has 1 unspecified atom stereocenters. The fourth-order valence-corrected chi connectivity index (χ4v) is 2.88. The molecule has 1 amide bonds. The van der Waals surface area contributed by atoms with Crippen LogP contribution in [0, 0.1) is 5.82 Å². The van der Waals surface area contributed by atoms with Crippen molar-refractivity contribution in [2.75, 3.05) is 19.6 Å². The Bertz CT molecular complexity index is 464. The van der Waals surface area contributed by atoms with E-state index in [1.807, 2.05) is 0 Å². The molecule has 0 aliphatic carbocycles. The number of halogens is 1. The number of hydrogen-bond donors (Lipinski definition) is 1. The molecule has 1 N–H and O–H groups in total. The zero-order chi connectivity index (χ0) is 15.1. The van der Waals surface area contributed by atoms with Gasteiger partial charge in [0.05, 0.1) is 6.42 Å². The second-order valence-electron chi connectivity index (χ2n) is 5.85. The molecule has 2 rings (SSSR count). The van der Waals surface area contributed by atoms with Gasteiger partial charge in [-0.3, -0.25) is 4.79 Å². The van der Waals surface area contributed by atoms with E-state index in [0.29, 0.717) is 18.2 Å². The minimum Gasteiger partial charge on any atom is -0.356 e. The number of hydrogen-bond acceptors (Lipinski definition) is 2. The van der Waals surface area contributed by atoms with Crippen LogP contribution in [0.2, 0.25) is 0 Å². The Kier molecular flexibility index (Phi) is 6.18. The molecule has 0 aromatic heterocycles. The Hall–Kier alpha value is -1.42. The number of benzene rings is 1. The molecule has 1 atom stereocenters. The molecule has 0 saturated carbocycles. The molecule has 0 spiro atoms. The van der Waals surface area contributed by atoms with Gasteiger partial charge in [-0.2, -0.15) is 0 Å². The first-order chi connectivity index (χ1) is 10.2. The summed E-state index contributed by atoms with van der Waals surface area (Å²) in [6.45, 7) is 5.14. The summed E-state index contributed by atoms with van der Waals surface area (Å²) in [5.41, 5.74) is 0.458. The first-order valence-electron chi connectivity index (χ1n) is 7.91. The van der Waals surface area contributed by atoms with Gasteiger partial charge in [0.2, 0.25) is 5.91 Å². The maximum Gasteiger partial charge on any atom is 0.224 e.